The normalized spacial score (nSPS) is 10.1. The molecule has 0 heterocycles. The predicted octanol–water partition coefficient (Wildman–Crippen LogP) is 3.79. The third-order valence-electron chi connectivity index (χ3n) is 4.48. The van der Waals surface area contributed by atoms with Crippen molar-refractivity contribution >= 4 is 34.8 Å². The second-order valence-corrected chi connectivity index (χ2v) is 7.05. The number of hydrogen-bond acceptors (Lipinski definition) is 4. The number of nitrogens with one attached hydrogen (secondary N) is 3. The van der Waals surface area contributed by atoms with Gasteiger partial charge in [0.05, 0.1) is 12.2 Å². The van der Waals surface area contributed by atoms with Crippen molar-refractivity contribution in [3.8, 4) is 5.75 Å². The Labute approximate surface area is 186 Å². The van der Waals surface area contributed by atoms with Gasteiger partial charge in [-0.25, -0.2) is 0 Å². The number of amides is 2. The van der Waals surface area contributed by atoms with Crippen molar-refractivity contribution < 1.29 is 14.3 Å². The fraction of sp³-hybridized carbons (Fsp3) is 0.125. The number of benzene rings is 3. The van der Waals surface area contributed by atoms with Gasteiger partial charge in [0.15, 0.2) is 5.11 Å². The topological polar surface area (TPSA) is 79.5 Å². The van der Waals surface area contributed by atoms with Gasteiger partial charge >= 0.3 is 0 Å². The van der Waals surface area contributed by atoms with Gasteiger partial charge in [-0.15, -0.1) is 0 Å². The quantitative estimate of drug-likeness (QED) is 0.494. The molecule has 0 saturated heterocycles. The van der Waals surface area contributed by atoms with Crippen LogP contribution in [-0.4, -0.2) is 30.6 Å². The molecular formula is C24H23N3O3S. The minimum Gasteiger partial charge on any atom is -0.492 e. The van der Waals surface area contributed by atoms with Crippen molar-refractivity contribution in [1.29, 1.82) is 0 Å². The smallest absolute Gasteiger partial charge is 0.261 e. The van der Waals surface area contributed by atoms with E-state index in [1.807, 2.05) is 36.4 Å². The summed E-state index contributed by atoms with van der Waals surface area (Å²) in [5.74, 6) is -0.0465. The molecule has 0 aliphatic heterocycles. The first-order chi connectivity index (χ1) is 15.1. The summed E-state index contributed by atoms with van der Waals surface area (Å²) in [6.45, 7) is 0.453. The highest BCUT2D eigenvalue weighted by Crippen LogP contribution is 2.18. The first-order valence-electron chi connectivity index (χ1n) is 9.77. The molecule has 0 aromatic heterocycles. The molecule has 3 rings (SSSR count). The minimum absolute atomic E-state index is 0.150. The number of hydrogen-bond donors (Lipinski definition) is 3. The van der Waals surface area contributed by atoms with Gasteiger partial charge in [0.2, 0.25) is 0 Å². The van der Waals surface area contributed by atoms with Gasteiger partial charge in [-0.1, -0.05) is 42.5 Å². The summed E-state index contributed by atoms with van der Waals surface area (Å²) in [5, 5.41) is 8.31. The van der Waals surface area contributed by atoms with E-state index in [1.54, 1.807) is 49.5 Å². The molecule has 6 nitrogen and oxygen atoms in total. The molecule has 158 valence electrons. The molecule has 31 heavy (non-hydrogen) atoms. The van der Waals surface area contributed by atoms with Crippen LogP contribution in [0.15, 0.2) is 78.9 Å². The zero-order valence-electron chi connectivity index (χ0n) is 17.1. The van der Waals surface area contributed by atoms with E-state index in [0.29, 0.717) is 29.2 Å². The molecule has 0 fully saturated rings. The van der Waals surface area contributed by atoms with Gasteiger partial charge in [-0.2, -0.15) is 0 Å². The van der Waals surface area contributed by atoms with E-state index in [4.69, 9.17) is 17.0 Å². The molecule has 0 saturated carbocycles. The van der Waals surface area contributed by atoms with Gasteiger partial charge in [-0.05, 0) is 54.2 Å². The van der Waals surface area contributed by atoms with E-state index in [1.165, 1.54) is 0 Å². The first kappa shape index (κ1) is 22.0. The summed E-state index contributed by atoms with van der Waals surface area (Å²) in [6, 6.07) is 23.8. The van der Waals surface area contributed by atoms with Crippen LogP contribution in [0.25, 0.3) is 0 Å². The molecule has 0 aliphatic rings. The van der Waals surface area contributed by atoms with Crippen LogP contribution in [0.5, 0.6) is 5.75 Å². The summed E-state index contributed by atoms with van der Waals surface area (Å²) in [7, 11) is 1.57. The highest BCUT2D eigenvalue weighted by Gasteiger charge is 2.14. The maximum absolute atomic E-state index is 12.7. The van der Waals surface area contributed by atoms with Gasteiger partial charge in [0, 0.05) is 24.7 Å². The Kier molecular flexibility index (Phi) is 7.73. The zero-order chi connectivity index (χ0) is 22.1. The van der Waals surface area contributed by atoms with Crippen molar-refractivity contribution in [2.75, 3.05) is 19.0 Å². The average Bonchev–Trinajstić information content (AvgIpc) is 2.80. The minimum atomic E-state index is -0.366. The average molecular weight is 434 g/mol. The van der Waals surface area contributed by atoms with Gasteiger partial charge in [0.1, 0.15) is 5.75 Å². The molecule has 3 aromatic rings. The second-order valence-electron chi connectivity index (χ2n) is 6.64. The van der Waals surface area contributed by atoms with E-state index in [9.17, 15) is 9.59 Å². The number of thiocarbonyl (C=S) groups is 1. The first-order valence-corrected chi connectivity index (χ1v) is 10.2. The van der Waals surface area contributed by atoms with Crippen LogP contribution in [-0.2, 0) is 6.42 Å². The Morgan fingerprint density at radius 3 is 2.26 bits per heavy atom. The lowest BCUT2D eigenvalue weighted by molar-refractivity contribution is 0.0958. The standard InChI is InChI=1S/C24H23N3O3S/c1-25-22(28)18-11-13-19(14-12-18)26-24(31)27-23(29)20-9-5-6-10-21(20)30-16-15-17-7-3-2-4-8-17/h2-14H,15-16H2,1H3,(H,25,28)(H2,26,27,29,31). The van der Waals surface area contributed by atoms with Crippen LogP contribution >= 0.6 is 12.2 Å². The van der Waals surface area contributed by atoms with Crippen LogP contribution in [0, 0.1) is 0 Å². The molecule has 0 bridgehead atoms. The predicted molar refractivity (Wildman–Crippen MR) is 126 cm³/mol. The molecule has 0 radical (unpaired) electrons. The second kappa shape index (κ2) is 10.9. The van der Waals surface area contributed by atoms with E-state index in [0.717, 1.165) is 12.0 Å². The number of para-hydroxylation sites is 1. The molecule has 3 aromatic carbocycles. The molecule has 0 aliphatic carbocycles. The number of carbonyl (C=O) groups excluding carboxylic acids is 2. The van der Waals surface area contributed by atoms with Crippen molar-refractivity contribution in [1.82, 2.24) is 10.6 Å². The number of anilines is 1. The highest BCUT2D eigenvalue weighted by atomic mass is 32.1. The highest BCUT2D eigenvalue weighted by molar-refractivity contribution is 7.80. The van der Waals surface area contributed by atoms with Crippen LogP contribution < -0.4 is 20.7 Å². The molecule has 7 heteroatoms. The van der Waals surface area contributed by atoms with Gasteiger partial charge in [0.25, 0.3) is 11.8 Å². The van der Waals surface area contributed by atoms with Crippen molar-refractivity contribution in [3.63, 3.8) is 0 Å². The fourth-order valence-corrected chi connectivity index (χ4v) is 3.10. The van der Waals surface area contributed by atoms with E-state index in [-0.39, 0.29) is 16.9 Å². The molecule has 0 spiro atoms. The summed E-state index contributed by atoms with van der Waals surface area (Å²) < 4.78 is 5.85. The Morgan fingerprint density at radius 2 is 1.55 bits per heavy atom. The molecule has 0 unspecified atom stereocenters. The summed E-state index contributed by atoms with van der Waals surface area (Å²) in [5.41, 5.74) is 2.75. The summed E-state index contributed by atoms with van der Waals surface area (Å²) in [6.07, 6.45) is 0.739. The Morgan fingerprint density at radius 1 is 0.871 bits per heavy atom. The monoisotopic (exact) mass is 433 g/mol. The largest absolute Gasteiger partial charge is 0.492 e. The van der Waals surface area contributed by atoms with E-state index >= 15 is 0 Å². The van der Waals surface area contributed by atoms with Crippen molar-refractivity contribution in [2.45, 2.75) is 6.42 Å². The number of ether oxygens (including phenoxy) is 1. The molecule has 0 atom stereocenters. The molecule has 3 N–H and O–H groups in total. The summed E-state index contributed by atoms with van der Waals surface area (Å²) in [4.78, 5) is 24.3. The summed E-state index contributed by atoms with van der Waals surface area (Å²) >= 11 is 5.25. The zero-order valence-corrected chi connectivity index (χ0v) is 17.9. The van der Waals surface area contributed by atoms with Gasteiger partial charge in [-0.3, -0.25) is 14.9 Å². The van der Waals surface area contributed by atoms with Crippen molar-refractivity contribution in [2.24, 2.45) is 0 Å². The maximum atomic E-state index is 12.7. The third-order valence-corrected chi connectivity index (χ3v) is 4.69. The Bertz CT molecular complexity index is 1050. The van der Waals surface area contributed by atoms with Crippen LogP contribution in [0.2, 0.25) is 0 Å². The van der Waals surface area contributed by atoms with E-state index < -0.39 is 0 Å². The lowest BCUT2D eigenvalue weighted by atomic mass is 10.1. The Hall–Kier alpha value is -3.71. The van der Waals surface area contributed by atoms with Crippen LogP contribution in [0.1, 0.15) is 26.3 Å². The SMILES string of the molecule is CNC(=O)c1ccc(NC(=S)NC(=O)c2ccccc2OCCc2ccccc2)cc1. The number of carbonyl (C=O) groups is 2. The van der Waals surface area contributed by atoms with Gasteiger partial charge < -0.3 is 15.4 Å². The molecule has 2 amide bonds. The lowest BCUT2D eigenvalue weighted by Gasteiger charge is -2.13. The van der Waals surface area contributed by atoms with Crippen molar-refractivity contribution in [3.05, 3.63) is 95.6 Å². The van der Waals surface area contributed by atoms with Crippen LogP contribution in [0.3, 0.4) is 0 Å². The maximum Gasteiger partial charge on any atom is 0.261 e. The van der Waals surface area contributed by atoms with Crippen LogP contribution in [0.4, 0.5) is 5.69 Å². The lowest BCUT2D eigenvalue weighted by Crippen LogP contribution is -2.34. The molecular weight excluding hydrogens is 410 g/mol. The third kappa shape index (κ3) is 6.38. The number of rotatable bonds is 7. The fourth-order valence-electron chi connectivity index (χ4n) is 2.89. The van der Waals surface area contributed by atoms with E-state index in [2.05, 4.69) is 16.0 Å². The Balaban J connectivity index is 1.57.